The van der Waals surface area contributed by atoms with Gasteiger partial charge in [0.2, 0.25) is 0 Å². The first kappa shape index (κ1) is 18.4. The van der Waals surface area contributed by atoms with Gasteiger partial charge in [-0.05, 0) is 37.3 Å². The van der Waals surface area contributed by atoms with E-state index in [1.165, 1.54) is 6.42 Å². The Bertz CT molecular complexity index is 693. The number of carbonyl (C=O) groups excluding carboxylic acids is 3. The summed E-state index contributed by atoms with van der Waals surface area (Å²) < 4.78 is 0. The minimum Gasteiger partial charge on any atom is -0.318 e. The molecule has 4 amide bonds. The molecule has 0 radical (unpaired) electrons. The molecule has 1 aromatic rings. The molecular weight excluding hydrogens is 332 g/mol. The Kier molecular flexibility index (Phi) is 5.27. The number of piperidine rings is 1. The number of hydrazine groups is 1. The zero-order chi connectivity index (χ0) is 18.7. The molecule has 7 nitrogen and oxygen atoms in total. The van der Waals surface area contributed by atoms with Gasteiger partial charge in [-0.15, -0.1) is 0 Å². The maximum Gasteiger partial charge on any atom is 0.344 e. The number of nitrogens with one attached hydrogen (secondary N) is 2. The Morgan fingerprint density at radius 1 is 1.31 bits per heavy atom. The van der Waals surface area contributed by atoms with Crippen molar-refractivity contribution in [1.29, 1.82) is 0 Å². The topological polar surface area (TPSA) is 81.8 Å². The molecule has 2 atom stereocenters. The summed E-state index contributed by atoms with van der Waals surface area (Å²) in [6.45, 7) is 5.91. The van der Waals surface area contributed by atoms with Crippen molar-refractivity contribution in [2.45, 2.75) is 38.6 Å². The van der Waals surface area contributed by atoms with Gasteiger partial charge in [-0.1, -0.05) is 44.2 Å². The average Bonchev–Trinajstić information content (AvgIpc) is 2.87. The fourth-order valence-electron chi connectivity index (χ4n) is 3.83. The zero-order valence-electron chi connectivity index (χ0n) is 15.3. The first-order valence-electron chi connectivity index (χ1n) is 9.20. The highest BCUT2D eigenvalue weighted by molar-refractivity contribution is 6.08. The maximum absolute atomic E-state index is 13.0. The van der Waals surface area contributed by atoms with Crippen LogP contribution in [0.3, 0.4) is 0 Å². The van der Waals surface area contributed by atoms with Crippen molar-refractivity contribution in [3.8, 4) is 0 Å². The molecule has 0 saturated carbocycles. The third-order valence-electron chi connectivity index (χ3n) is 5.23. The predicted octanol–water partition coefficient (Wildman–Crippen LogP) is 1.61. The normalized spacial score (nSPS) is 26.7. The van der Waals surface area contributed by atoms with Gasteiger partial charge in [-0.25, -0.2) is 4.79 Å². The van der Waals surface area contributed by atoms with Gasteiger partial charge in [0.15, 0.2) is 0 Å². The smallest absolute Gasteiger partial charge is 0.318 e. The van der Waals surface area contributed by atoms with Gasteiger partial charge >= 0.3 is 6.03 Å². The highest BCUT2D eigenvalue weighted by Crippen LogP contribution is 2.31. The quantitative estimate of drug-likeness (QED) is 0.784. The van der Waals surface area contributed by atoms with Gasteiger partial charge in [0.05, 0.1) is 6.54 Å². The van der Waals surface area contributed by atoms with E-state index in [1.54, 1.807) is 0 Å². The molecule has 3 rings (SSSR count). The van der Waals surface area contributed by atoms with E-state index in [2.05, 4.69) is 22.6 Å². The molecule has 7 heteroatoms. The van der Waals surface area contributed by atoms with E-state index in [9.17, 15) is 14.4 Å². The van der Waals surface area contributed by atoms with Crippen LogP contribution in [0.25, 0.3) is 0 Å². The van der Waals surface area contributed by atoms with Gasteiger partial charge in [0.25, 0.3) is 11.8 Å². The van der Waals surface area contributed by atoms with Crippen molar-refractivity contribution in [3.63, 3.8) is 0 Å². The molecule has 26 heavy (non-hydrogen) atoms. The van der Waals surface area contributed by atoms with E-state index in [0.717, 1.165) is 24.5 Å². The van der Waals surface area contributed by atoms with Crippen molar-refractivity contribution in [1.82, 2.24) is 20.7 Å². The zero-order valence-corrected chi connectivity index (χ0v) is 15.3. The molecule has 2 aliphatic rings. The summed E-state index contributed by atoms with van der Waals surface area (Å²) in [5, 5.41) is 3.58. The lowest BCUT2D eigenvalue weighted by molar-refractivity contribution is -0.140. The summed E-state index contributed by atoms with van der Waals surface area (Å²) >= 11 is 0. The number of rotatable bonds is 5. The van der Waals surface area contributed by atoms with Gasteiger partial charge in [0.1, 0.15) is 5.54 Å². The molecule has 2 heterocycles. The highest BCUT2D eigenvalue weighted by atomic mass is 16.2. The fourth-order valence-corrected chi connectivity index (χ4v) is 3.83. The molecule has 140 valence electrons. The van der Waals surface area contributed by atoms with Gasteiger partial charge in [-0.2, -0.15) is 5.01 Å². The molecule has 2 fully saturated rings. The van der Waals surface area contributed by atoms with E-state index < -0.39 is 17.5 Å². The van der Waals surface area contributed by atoms with Crippen molar-refractivity contribution >= 4 is 17.8 Å². The minimum atomic E-state index is -1.13. The molecule has 0 spiro atoms. The number of amides is 4. The summed E-state index contributed by atoms with van der Waals surface area (Å²) in [4.78, 5) is 39.8. The van der Waals surface area contributed by atoms with Gasteiger partial charge in [-0.3, -0.25) is 19.9 Å². The molecule has 0 bridgehead atoms. The monoisotopic (exact) mass is 358 g/mol. The second-order valence-electron chi connectivity index (χ2n) is 7.21. The van der Waals surface area contributed by atoms with Crippen LogP contribution in [0.1, 0.15) is 38.7 Å². The number of likely N-dealkylation sites (tertiary alicyclic amines) is 1. The molecule has 0 aromatic heterocycles. The largest absolute Gasteiger partial charge is 0.344 e. The minimum absolute atomic E-state index is 0.186. The number of urea groups is 1. The van der Waals surface area contributed by atoms with Crippen molar-refractivity contribution in [2.24, 2.45) is 5.92 Å². The molecule has 0 aliphatic carbocycles. The van der Waals surface area contributed by atoms with Gasteiger partial charge < -0.3 is 5.32 Å². The first-order chi connectivity index (χ1) is 12.5. The highest BCUT2D eigenvalue weighted by Gasteiger charge is 2.52. The Hall–Kier alpha value is -2.41. The van der Waals surface area contributed by atoms with Crippen molar-refractivity contribution in [2.75, 3.05) is 19.6 Å². The van der Waals surface area contributed by atoms with Gasteiger partial charge in [0, 0.05) is 6.54 Å². The van der Waals surface area contributed by atoms with Crippen LogP contribution >= 0.6 is 0 Å². The maximum atomic E-state index is 13.0. The molecule has 2 unspecified atom stereocenters. The summed E-state index contributed by atoms with van der Waals surface area (Å²) in [5.41, 5.74) is 2.07. The van der Waals surface area contributed by atoms with Crippen LogP contribution in [0.5, 0.6) is 0 Å². The lowest BCUT2D eigenvalue weighted by atomic mass is 9.87. The van der Waals surface area contributed by atoms with Crippen LogP contribution in [-0.4, -0.2) is 47.4 Å². The fraction of sp³-hybridized carbons (Fsp3) is 0.526. The SMILES string of the molecule is CCC1(c2ccccc2)NC(=O)N(NC(=O)CN2CCCC(C)C2)C1=O. The van der Waals surface area contributed by atoms with Crippen LogP contribution < -0.4 is 10.7 Å². The van der Waals surface area contributed by atoms with E-state index in [1.807, 2.05) is 37.3 Å². The number of hydrogen-bond donors (Lipinski definition) is 2. The van der Waals surface area contributed by atoms with E-state index >= 15 is 0 Å². The van der Waals surface area contributed by atoms with E-state index in [-0.39, 0.29) is 12.5 Å². The standard InChI is InChI=1S/C19H26N4O3/c1-3-19(15-9-5-4-6-10-15)17(25)23(18(26)20-19)21-16(24)13-22-11-7-8-14(2)12-22/h4-6,9-10,14H,3,7-8,11-13H2,1-2H3,(H,20,26)(H,21,24). The lowest BCUT2D eigenvalue weighted by Gasteiger charge is -2.30. The van der Waals surface area contributed by atoms with E-state index in [4.69, 9.17) is 0 Å². The Labute approximate surface area is 153 Å². The summed E-state index contributed by atoms with van der Waals surface area (Å²) in [5.74, 6) is -0.238. The number of imide groups is 1. The third kappa shape index (κ3) is 3.44. The number of carbonyl (C=O) groups is 3. The predicted molar refractivity (Wildman–Crippen MR) is 96.8 cm³/mol. The van der Waals surface area contributed by atoms with Crippen LogP contribution in [0.4, 0.5) is 4.79 Å². The second kappa shape index (κ2) is 7.45. The van der Waals surface area contributed by atoms with Crippen LogP contribution in [0.2, 0.25) is 0 Å². The number of benzene rings is 1. The molecule has 2 N–H and O–H groups in total. The first-order valence-corrected chi connectivity index (χ1v) is 9.20. The number of nitrogens with zero attached hydrogens (tertiary/aromatic N) is 2. The Balaban J connectivity index is 1.70. The number of hydrogen-bond acceptors (Lipinski definition) is 4. The average molecular weight is 358 g/mol. The van der Waals surface area contributed by atoms with Crippen LogP contribution in [0.15, 0.2) is 30.3 Å². The molecular formula is C19H26N4O3. The molecule has 2 saturated heterocycles. The van der Waals surface area contributed by atoms with Crippen molar-refractivity contribution in [3.05, 3.63) is 35.9 Å². The summed E-state index contributed by atoms with van der Waals surface area (Å²) in [6, 6.07) is 8.52. The third-order valence-corrected chi connectivity index (χ3v) is 5.23. The molecule has 2 aliphatic heterocycles. The summed E-state index contributed by atoms with van der Waals surface area (Å²) in [7, 11) is 0. The lowest BCUT2D eigenvalue weighted by Crippen LogP contribution is -2.51. The Morgan fingerprint density at radius 3 is 2.69 bits per heavy atom. The van der Waals surface area contributed by atoms with E-state index in [0.29, 0.717) is 17.9 Å². The van der Waals surface area contributed by atoms with Crippen LogP contribution in [-0.2, 0) is 15.1 Å². The van der Waals surface area contributed by atoms with Crippen LogP contribution in [0, 0.1) is 5.92 Å². The Morgan fingerprint density at radius 2 is 2.04 bits per heavy atom. The molecule has 1 aromatic carbocycles. The second-order valence-corrected chi connectivity index (χ2v) is 7.21. The van der Waals surface area contributed by atoms with Crippen molar-refractivity contribution < 1.29 is 14.4 Å². The summed E-state index contributed by atoms with van der Waals surface area (Å²) in [6.07, 6.45) is 2.63.